The van der Waals surface area contributed by atoms with Gasteiger partial charge in [0.25, 0.3) is 0 Å². The van der Waals surface area contributed by atoms with Crippen molar-refractivity contribution < 1.29 is 31.6 Å². The average Bonchev–Trinajstić information content (AvgIpc) is 3.45. The third kappa shape index (κ3) is 5.30. The molecule has 35 heavy (non-hydrogen) atoms. The minimum atomic E-state index is -4.82. The summed E-state index contributed by atoms with van der Waals surface area (Å²) in [5, 5.41) is 15.1. The molecular weight excluding hydrogens is 466 g/mol. The standard InChI is InChI=1S/C25H23F4N3O3/c1-23(2,26)11-18(22(34)32-24(13-30)7-8-24)31-21(25(27,28)29)15-4-5-16-17-9-14(12-33)3-6-19(17)35-20(16)10-15/h3-6,9-10,12,18,21,31H,7-8,11H2,1-2H3,(H,32,34)/t18-,21-/m0/s1. The first-order valence-corrected chi connectivity index (χ1v) is 11.0. The molecule has 1 aliphatic rings. The molecule has 0 saturated heterocycles. The SMILES string of the molecule is CC(C)(F)C[C@H](N[C@@H](c1ccc2c(c1)oc1ccc(C=O)cc12)C(F)(F)F)C(=O)NC1(C#N)CC1. The first kappa shape index (κ1) is 24.7. The van der Waals surface area contributed by atoms with Gasteiger partial charge in [-0.05, 0) is 56.5 Å². The highest BCUT2D eigenvalue weighted by atomic mass is 19.4. The van der Waals surface area contributed by atoms with E-state index in [0.29, 0.717) is 41.0 Å². The van der Waals surface area contributed by atoms with Gasteiger partial charge in [0.15, 0.2) is 0 Å². The fourth-order valence-electron chi connectivity index (χ4n) is 4.07. The molecule has 1 saturated carbocycles. The van der Waals surface area contributed by atoms with Gasteiger partial charge in [-0.15, -0.1) is 0 Å². The average molecular weight is 489 g/mol. The molecule has 0 unspecified atom stereocenters. The molecular formula is C25H23F4N3O3. The van der Waals surface area contributed by atoms with Gasteiger partial charge in [0.05, 0.1) is 12.1 Å². The van der Waals surface area contributed by atoms with Crippen molar-refractivity contribution in [3.8, 4) is 6.07 Å². The van der Waals surface area contributed by atoms with E-state index in [4.69, 9.17) is 4.42 Å². The third-order valence-corrected chi connectivity index (χ3v) is 6.02. The predicted molar refractivity (Wildman–Crippen MR) is 120 cm³/mol. The number of rotatable bonds is 8. The summed E-state index contributed by atoms with van der Waals surface area (Å²) in [6, 6.07) is 6.70. The first-order valence-electron chi connectivity index (χ1n) is 11.0. The van der Waals surface area contributed by atoms with Crippen LogP contribution in [0.5, 0.6) is 0 Å². The van der Waals surface area contributed by atoms with Crippen LogP contribution in [0.15, 0.2) is 40.8 Å². The monoisotopic (exact) mass is 489 g/mol. The molecule has 0 aliphatic heterocycles. The molecule has 6 nitrogen and oxygen atoms in total. The summed E-state index contributed by atoms with van der Waals surface area (Å²) in [7, 11) is 0. The van der Waals surface area contributed by atoms with E-state index in [1.165, 1.54) is 38.1 Å². The number of fused-ring (bicyclic) bond motifs is 3. The zero-order valence-corrected chi connectivity index (χ0v) is 19.0. The molecule has 2 N–H and O–H groups in total. The van der Waals surface area contributed by atoms with Crippen LogP contribution in [-0.4, -0.2) is 35.6 Å². The second-order valence-corrected chi connectivity index (χ2v) is 9.53. The number of hydrogen-bond acceptors (Lipinski definition) is 5. The minimum absolute atomic E-state index is 0.171. The van der Waals surface area contributed by atoms with Crippen molar-refractivity contribution in [3.05, 3.63) is 47.5 Å². The van der Waals surface area contributed by atoms with Gasteiger partial charge in [0.1, 0.15) is 34.7 Å². The second kappa shape index (κ2) is 8.64. The Balaban J connectivity index is 1.70. The zero-order valence-electron chi connectivity index (χ0n) is 19.0. The number of halogens is 4. The number of nitriles is 1. The summed E-state index contributed by atoms with van der Waals surface area (Å²) in [6.45, 7) is 2.34. The van der Waals surface area contributed by atoms with Gasteiger partial charge in [-0.3, -0.25) is 14.9 Å². The summed E-state index contributed by atoms with van der Waals surface area (Å²) in [5.74, 6) is -0.866. The summed E-state index contributed by atoms with van der Waals surface area (Å²) in [4.78, 5) is 23.9. The van der Waals surface area contributed by atoms with Crippen molar-refractivity contribution in [2.45, 2.75) is 62.6 Å². The fourth-order valence-corrected chi connectivity index (χ4v) is 4.07. The lowest BCUT2D eigenvalue weighted by atomic mass is 9.97. The molecule has 3 aromatic rings. The summed E-state index contributed by atoms with van der Waals surface area (Å²) in [5.41, 5.74) is -2.32. The Bertz CT molecular complexity index is 1330. The van der Waals surface area contributed by atoms with Gasteiger partial charge in [-0.1, -0.05) is 12.1 Å². The molecule has 1 heterocycles. The molecule has 0 spiro atoms. The maximum absolute atomic E-state index is 14.5. The van der Waals surface area contributed by atoms with E-state index < -0.39 is 41.8 Å². The second-order valence-electron chi connectivity index (χ2n) is 9.53. The number of carbonyl (C=O) groups excluding carboxylic acids is 2. The largest absolute Gasteiger partial charge is 0.456 e. The van der Waals surface area contributed by atoms with E-state index >= 15 is 0 Å². The zero-order chi connectivity index (χ0) is 25.6. The van der Waals surface area contributed by atoms with E-state index in [2.05, 4.69) is 10.6 Å². The van der Waals surface area contributed by atoms with Crippen LogP contribution in [0.2, 0.25) is 0 Å². The van der Waals surface area contributed by atoms with Crippen LogP contribution in [0.4, 0.5) is 17.6 Å². The van der Waals surface area contributed by atoms with Crippen molar-refractivity contribution in [2.75, 3.05) is 0 Å². The number of nitrogens with zero attached hydrogens (tertiary/aromatic N) is 1. The Kier molecular flexibility index (Phi) is 6.09. The lowest BCUT2D eigenvalue weighted by Gasteiger charge is -2.30. The van der Waals surface area contributed by atoms with Gasteiger partial charge in [0, 0.05) is 22.8 Å². The Hall–Kier alpha value is -3.45. The molecule has 1 fully saturated rings. The third-order valence-electron chi connectivity index (χ3n) is 6.02. The molecule has 10 heteroatoms. The molecule has 2 aromatic carbocycles. The van der Waals surface area contributed by atoms with E-state index in [-0.39, 0.29) is 11.1 Å². The van der Waals surface area contributed by atoms with Crippen LogP contribution in [0.3, 0.4) is 0 Å². The van der Waals surface area contributed by atoms with E-state index in [0.717, 1.165) is 0 Å². The number of furan rings is 1. The number of benzene rings is 2. The number of alkyl halides is 4. The van der Waals surface area contributed by atoms with Crippen LogP contribution in [0.1, 0.15) is 55.1 Å². The van der Waals surface area contributed by atoms with Crippen LogP contribution in [0.25, 0.3) is 21.9 Å². The van der Waals surface area contributed by atoms with Crippen molar-refractivity contribution in [1.82, 2.24) is 10.6 Å². The lowest BCUT2D eigenvalue weighted by Crippen LogP contribution is -2.53. The molecule has 4 rings (SSSR count). The minimum Gasteiger partial charge on any atom is -0.456 e. The maximum Gasteiger partial charge on any atom is 0.407 e. The van der Waals surface area contributed by atoms with Crippen molar-refractivity contribution in [3.63, 3.8) is 0 Å². The number of aldehydes is 1. The molecule has 1 amide bonds. The molecule has 1 aliphatic carbocycles. The number of carbonyl (C=O) groups is 2. The highest BCUT2D eigenvalue weighted by Crippen LogP contribution is 2.38. The molecule has 0 bridgehead atoms. The maximum atomic E-state index is 14.5. The number of nitrogens with one attached hydrogen (secondary N) is 2. The Labute approximate surface area is 198 Å². The van der Waals surface area contributed by atoms with Gasteiger partial charge >= 0.3 is 6.18 Å². The topological polar surface area (TPSA) is 95.1 Å². The summed E-state index contributed by atoms with van der Waals surface area (Å²) < 4.78 is 62.7. The Morgan fingerprint density at radius 3 is 2.43 bits per heavy atom. The summed E-state index contributed by atoms with van der Waals surface area (Å²) in [6.07, 6.45) is -3.92. The first-order chi connectivity index (χ1) is 16.3. The van der Waals surface area contributed by atoms with E-state index in [1.807, 2.05) is 6.07 Å². The van der Waals surface area contributed by atoms with Crippen LogP contribution in [-0.2, 0) is 4.79 Å². The van der Waals surface area contributed by atoms with E-state index in [9.17, 15) is 32.4 Å². The van der Waals surface area contributed by atoms with Crippen LogP contribution >= 0.6 is 0 Å². The molecule has 2 atom stereocenters. The molecule has 1 aromatic heterocycles. The lowest BCUT2D eigenvalue weighted by molar-refractivity contribution is -0.161. The molecule has 0 radical (unpaired) electrons. The summed E-state index contributed by atoms with van der Waals surface area (Å²) >= 11 is 0. The van der Waals surface area contributed by atoms with Gasteiger partial charge in [0.2, 0.25) is 5.91 Å². The predicted octanol–water partition coefficient (Wildman–Crippen LogP) is 5.27. The van der Waals surface area contributed by atoms with Crippen molar-refractivity contribution >= 4 is 34.1 Å². The fraction of sp³-hybridized carbons (Fsp3) is 0.400. The quantitative estimate of drug-likeness (QED) is 0.332. The van der Waals surface area contributed by atoms with Crippen molar-refractivity contribution in [1.29, 1.82) is 5.26 Å². The van der Waals surface area contributed by atoms with Gasteiger partial charge in [-0.2, -0.15) is 18.4 Å². The Morgan fingerprint density at radius 2 is 1.86 bits per heavy atom. The highest BCUT2D eigenvalue weighted by Gasteiger charge is 2.48. The van der Waals surface area contributed by atoms with Crippen molar-refractivity contribution in [2.24, 2.45) is 0 Å². The van der Waals surface area contributed by atoms with Gasteiger partial charge < -0.3 is 9.73 Å². The Morgan fingerprint density at radius 1 is 1.14 bits per heavy atom. The smallest absolute Gasteiger partial charge is 0.407 e. The van der Waals surface area contributed by atoms with Gasteiger partial charge in [-0.25, -0.2) is 4.39 Å². The number of amides is 1. The normalized spacial score (nSPS) is 17.1. The van der Waals surface area contributed by atoms with E-state index in [1.54, 1.807) is 12.1 Å². The van der Waals surface area contributed by atoms with Crippen LogP contribution in [0, 0.1) is 11.3 Å². The molecule has 184 valence electrons. The van der Waals surface area contributed by atoms with Crippen LogP contribution < -0.4 is 10.6 Å². The number of hydrogen-bond donors (Lipinski definition) is 2. The highest BCUT2D eigenvalue weighted by molar-refractivity contribution is 6.06.